The van der Waals surface area contributed by atoms with Gasteiger partial charge in [-0.05, 0) is 43.4 Å². The highest BCUT2D eigenvalue weighted by Crippen LogP contribution is 2.23. The summed E-state index contributed by atoms with van der Waals surface area (Å²) in [7, 11) is 4.88. The first-order valence-corrected chi connectivity index (χ1v) is 14.1. The fourth-order valence-electron chi connectivity index (χ4n) is 5.41. The van der Waals surface area contributed by atoms with Gasteiger partial charge in [0.1, 0.15) is 18.4 Å². The van der Waals surface area contributed by atoms with Gasteiger partial charge < -0.3 is 29.5 Å². The van der Waals surface area contributed by atoms with Crippen LogP contribution in [0.1, 0.15) is 41.6 Å². The minimum atomic E-state index is -0.917. The Morgan fingerprint density at radius 3 is 2.46 bits per heavy atom. The minimum Gasteiger partial charge on any atom is -0.491 e. The summed E-state index contributed by atoms with van der Waals surface area (Å²) in [5.74, 6) is -0.845. The van der Waals surface area contributed by atoms with Crippen LogP contribution in [0.25, 0.3) is 0 Å². The molecule has 1 saturated heterocycles. The molecule has 2 aromatic carbocycles. The highest BCUT2D eigenvalue weighted by atomic mass is 16.5. The number of nitrogens with zero attached hydrogens (tertiary/aromatic N) is 3. The monoisotopic (exact) mass is 564 g/mol. The Labute approximate surface area is 241 Å². The van der Waals surface area contributed by atoms with Crippen molar-refractivity contribution in [2.24, 2.45) is 0 Å². The average Bonchev–Trinajstić information content (AvgIpc) is 3.45. The SMILES string of the molecule is COC[C@@H]1CCCN1C(=O)[C@@H]1CCC(=O)N(C)CC(=O)N(C)[C@H](Cc2ccccc2)COc2ccccc2C(=O)N1. The number of methoxy groups -OCH3 is 1. The third-order valence-electron chi connectivity index (χ3n) is 7.89. The first-order chi connectivity index (χ1) is 19.8. The Kier molecular flexibility index (Phi) is 10.3. The summed E-state index contributed by atoms with van der Waals surface area (Å²) >= 11 is 0. The molecule has 0 spiro atoms. The molecule has 2 aromatic rings. The zero-order chi connectivity index (χ0) is 29.4. The third-order valence-corrected chi connectivity index (χ3v) is 7.89. The van der Waals surface area contributed by atoms with E-state index in [0.717, 1.165) is 18.4 Å². The Balaban J connectivity index is 1.63. The lowest BCUT2D eigenvalue weighted by Gasteiger charge is -2.30. The normalized spacial score (nSPS) is 22.9. The largest absolute Gasteiger partial charge is 0.491 e. The van der Waals surface area contributed by atoms with Crippen LogP contribution in [0.4, 0.5) is 0 Å². The first-order valence-electron chi connectivity index (χ1n) is 14.1. The fraction of sp³-hybridized carbons (Fsp3) is 0.484. The second-order valence-electron chi connectivity index (χ2n) is 10.8. The fourth-order valence-corrected chi connectivity index (χ4v) is 5.41. The lowest BCUT2D eigenvalue weighted by Crippen LogP contribution is -2.51. The maximum absolute atomic E-state index is 13.7. The number of rotatable bonds is 5. The summed E-state index contributed by atoms with van der Waals surface area (Å²) in [6.45, 7) is 0.999. The molecule has 10 heteroatoms. The third kappa shape index (κ3) is 7.64. The van der Waals surface area contributed by atoms with E-state index in [1.165, 1.54) is 4.90 Å². The van der Waals surface area contributed by atoms with E-state index in [-0.39, 0.29) is 61.4 Å². The van der Waals surface area contributed by atoms with Crippen molar-refractivity contribution in [2.45, 2.75) is 50.2 Å². The molecule has 0 unspecified atom stereocenters. The maximum Gasteiger partial charge on any atom is 0.255 e. The van der Waals surface area contributed by atoms with E-state index >= 15 is 0 Å². The van der Waals surface area contributed by atoms with Crippen molar-refractivity contribution in [3.8, 4) is 5.75 Å². The van der Waals surface area contributed by atoms with Crippen LogP contribution in [0.15, 0.2) is 54.6 Å². The molecule has 4 amide bonds. The number of hydrogen-bond acceptors (Lipinski definition) is 6. The summed E-state index contributed by atoms with van der Waals surface area (Å²) in [5.41, 5.74) is 1.31. The standard InChI is InChI=1S/C31H40N4O6/c1-33-19-29(37)34(2)24(18-22-10-5-4-6-11-22)21-41-27-14-8-7-13-25(27)30(38)32-26(15-16-28(33)36)31(39)35-17-9-12-23(35)20-40-3/h4-8,10-11,13-14,23-24,26H,9,12,15-21H2,1-3H3,(H,32,38)/t23-,24+,26-/m0/s1. The van der Waals surface area contributed by atoms with Crippen molar-refractivity contribution >= 4 is 23.6 Å². The van der Waals surface area contributed by atoms with E-state index < -0.39 is 11.9 Å². The second kappa shape index (κ2) is 14.1. The van der Waals surface area contributed by atoms with Crippen LogP contribution in [0.5, 0.6) is 5.75 Å². The molecule has 0 bridgehead atoms. The lowest BCUT2D eigenvalue weighted by molar-refractivity contribution is -0.140. The molecule has 10 nitrogen and oxygen atoms in total. The van der Waals surface area contributed by atoms with Crippen LogP contribution >= 0.6 is 0 Å². The average molecular weight is 565 g/mol. The predicted octanol–water partition coefficient (Wildman–Crippen LogP) is 2.12. The van der Waals surface area contributed by atoms with Gasteiger partial charge in [-0.15, -0.1) is 0 Å². The van der Waals surface area contributed by atoms with Gasteiger partial charge >= 0.3 is 0 Å². The second-order valence-corrected chi connectivity index (χ2v) is 10.8. The van der Waals surface area contributed by atoms with Gasteiger partial charge in [-0.1, -0.05) is 42.5 Å². The summed E-state index contributed by atoms with van der Waals surface area (Å²) in [5, 5.41) is 2.89. The van der Waals surface area contributed by atoms with Gasteiger partial charge in [0.25, 0.3) is 5.91 Å². The maximum atomic E-state index is 13.7. The Hall–Kier alpha value is -3.92. The summed E-state index contributed by atoms with van der Waals surface area (Å²) < 4.78 is 11.5. The Morgan fingerprint density at radius 2 is 1.71 bits per heavy atom. The van der Waals surface area contributed by atoms with Crippen LogP contribution < -0.4 is 10.1 Å². The Bertz CT molecular complexity index is 1220. The molecule has 0 aromatic heterocycles. The Morgan fingerprint density at radius 1 is 0.976 bits per heavy atom. The van der Waals surface area contributed by atoms with Crippen LogP contribution in [0, 0.1) is 0 Å². The molecule has 1 N–H and O–H groups in total. The van der Waals surface area contributed by atoms with Crippen molar-refractivity contribution in [3.63, 3.8) is 0 Å². The summed E-state index contributed by atoms with van der Waals surface area (Å²) in [6, 6.07) is 15.3. The number of likely N-dealkylation sites (N-methyl/N-ethyl adjacent to an activating group) is 2. The number of ether oxygens (including phenoxy) is 2. The van der Waals surface area contributed by atoms with E-state index in [4.69, 9.17) is 9.47 Å². The van der Waals surface area contributed by atoms with Crippen molar-refractivity contribution in [1.82, 2.24) is 20.0 Å². The minimum absolute atomic E-state index is 0.00143. The highest BCUT2D eigenvalue weighted by molar-refractivity contribution is 6.00. The van der Waals surface area contributed by atoms with Crippen molar-refractivity contribution in [3.05, 3.63) is 65.7 Å². The number of nitrogens with one attached hydrogen (secondary N) is 1. The summed E-state index contributed by atoms with van der Waals surface area (Å²) in [4.78, 5) is 58.3. The molecule has 220 valence electrons. The van der Waals surface area contributed by atoms with E-state index in [2.05, 4.69) is 5.32 Å². The zero-order valence-electron chi connectivity index (χ0n) is 24.1. The number of hydrogen-bond donors (Lipinski definition) is 1. The van der Waals surface area contributed by atoms with E-state index in [0.29, 0.717) is 25.3 Å². The molecule has 0 saturated carbocycles. The smallest absolute Gasteiger partial charge is 0.255 e. The highest BCUT2D eigenvalue weighted by Gasteiger charge is 2.35. The van der Waals surface area contributed by atoms with Crippen LogP contribution in [0.2, 0.25) is 0 Å². The number of carbonyl (C=O) groups is 4. The number of para-hydroxylation sites is 1. The number of benzene rings is 2. The van der Waals surface area contributed by atoms with E-state index in [1.54, 1.807) is 55.3 Å². The molecule has 2 aliphatic rings. The predicted molar refractivity (Wildman–Crippen MR) is 153 cm³/mol. The molecule has 0 radical (unpaired) electrons. The van der Waals surface area contributed by atoms with Gasteiger partial charge in [0.15, 0.2) is 0 Å². The number of likely N-dealkylation sites (tertiary alicyclic amines) is 1. The molecule has 2 aliphatic heterocycles. The molecular weight excluding hydrogens is 524 g/mol. The van der Waals surface area contributed by atoms with Crippen LogP contribution in [0.3, 0.4) is 0 Å². The van der Waals surface area contributed by atoms with Gasteiger partial charge in [0.05, 0.1) is 30.8 Å². The van der Waals surface area contributed by atoms with Gasteiger partial charge in [-0.3, -0.25) is 19.2 Å². The van der Waals surface area contributed by atoms with E-state index in [9.17, 15) is 19.2 Å². The zero-order valence-corrected chi connectivity index (χ0v) is 24.1. The number of amides is 4. The van der Waals surface area contributed by atoms with Gasteiger partial charge in [0.2, 0.25) is 17.7 Å². The van der Waals surface area contributed by atoms with Gasteiger partial charge in [-0.2, -0.15) is 0 Å². The topological polar surface area (TPSA) is 108 Å². The molecular formula is C31H40N4O6. The van der Waals surface area contributed by atoms with Crippen molar-refractivity contribution < 1.29 is 28.7 Å². The summed E-state index contributed by atoms with van der Waals surface area (Å²) in [6.07, 6.45) is 2.30. The van der Waals surface area contributed by atoms with Gasteiger partial charge in [-0.25, -0.2) is 0 Å². The van der Waals surface area contributed by atoms with Crippen molar-refractivity contribution in [1.29, 1.82) is 0 Å². The molecule has 0 aliphatic carbocycles. The van der Waals surface area contributed by atoms with Gasteiger partial charge in [0, 0.05) is 34.2 Å². The lowest BCUT2D eigenvalue weighted by atomic mass is 10.1. The quantitative estimate of drug-likeness (QED) is 0.596. The van der Waals surface area contributed by atoms with Crippen LogP contribution in [-0.2, 0) is 25.5 Å². The van der Waals surface area contributed by atoms with Crippen molar-refractivity contribution in [2.75, 3.05) is 47.5 Å². The molecule has 4 rings (SSSR count). The van der Waals surface area contributed by atoms with E-state index in [1.807, 2.05) is 30.3 Å². The number of carbonyl (C=O) groups excluding carboxylic acids is 4. The van der Waals surface area contributed by atoms with Crippen LogP contribution in [-0.4, -0.2) is 104 Å². The molecule has 3 atom stereocenters. The number of fused-ring (bicyclic) bond motifs is 1. The first kappa shape index (κ1) is 30.0. The molecule has 41 heavy (non-hydrogen) atoms. The molecule has 1 fully saturated rings. The molecule has 2 heterocycles.